The predicted molar refractivity (Wildman–Crippen MR) is 92.5 cm³/mol. The summed E-state index contributed by atoms with van der Waals surface area (Å²) in [4.78, 5) is 26.0. The second-order valence-electron chi connectivity index (χ2n) is 5.50. The highest BCUT2D eigenvalue weighted by molar-refractivity contribution is 8.18. The Morgan fingerprint density at radius 2 is 1.75 bits per heavy atom. The van der Waals surface area contributed by atoms with Gasteiger partial charge in [0.25, 0.3) is 11.1 Å². The minimum Gasteiger partial charge on any atom is -0.504 e. The Hall–Kier alpha value is -2.73. The van der Waals surface area contributed by atoms with E-state index in [4.69, 9.17) is 0 Å². The van der Waals surface area contributed by atoms with Crippen LogP contribution in [0.2, 0.25) is 0 Å². The molecule has 2 aromatic carbocycles. The topological polar surface area (TPSA) is 77.8 Å². The molecule has 0 aliphatic carbocycles. The number of carbonyl (C=O) groups excluding carboxylic acids is 2. The number of phenols is 2. The van der Waals surface area contributed by atoms with Gasteiger partial charge in [0, 0.05) is 0 Å². The summed E-state index contributed by atoms with van der Waals surface area (Å²) in [6.45, 7) is 2.20. The molecule has 3 rings (SSSR count). The number of imide groups is 1. The summed E-state index contributed by atoms with van der Waals surface area (Å²) in [7, 11) is 0. The third kappa shape index (κ3) is 3.28. The maximum atomic E-state index is 12.4. The van der Waals surface area contributed by atoms with Crippen molar-refractivity contribution in [3.8, 4) is 11.5 Å². The van der Waals surface area contributed by atoms with E-state index in [1.807, 2.05) is 31.2 Å². The molecule has 122 valence electrons. The van der Waals surface area contributed by atoms with Gasteiger partial charge in [-0.05, 0) is 48.0 Å². The van der Waals surface area contributed by atoms with Crippen LogP contribution in [-0.4, -0.2) is 26.3 Å². The summed E-state index contributed by atoms with van der Waals surface area (Å²) in [5.41, 5.74) is 2.53. The lowest BCUT2D eigenvalue weighted by atomic mass is 10.1. The van der Waals surface area contributed by atoms with Crippen molar-refractivity contribution in [2.75, 3.05) is 0 Å². The molecule has 1 heterocycles. The third-order valence-electron chi connectivity index (χ3n) is 3.63. The van der Waals surface area contributed by atoms with E-state index in [0.29, 0.717) is 5.56 Å². The monoisotopic (exact) mass is 341 g/mol. The molecule has 2 amide bonds. The molecule has 1 aliphatic heterocycles. The van der Waals surface area contributed by atoms with E-state index >= 15 is 0 Å². The highest BCUT2D eigenvalue weighted by Crippen LogP contribution is 2.34. The van der Waals surface area contributed by atoms with Gasteiger partial charge >= 0.3 is 0 Å². The average Bonchev–Trinajstić information content (AvgIpc) is 2.80. The maximum Gasteiger partial charge on any atom is 0.293 e. The summed E-state index contributed by atoms with van der Waals surface area (Å²) in [5, 5.41) is 18.5. The van der Waals surface area contributed by atoms with E-state index in [1.165, 1.54) is 23.1 Å². The molecule has 0 saturated carbocycles. The van der Waals surface area contributed by atoms with E-state index in [0.717, 1.165) is 22.9 Å². The number of aryl methyl sites for hydroxylation is 1. The zero-order valence-corrected chi connectivity index (χ0v) is 13.7. The Labute approximate surface area is 143 Å². The van der Waals surface area contributed by atoms with Crippen molar-refractivity contribution in [2.45, 2.75) is 13.5 Å². The molecule has 2 aromatic rings. The summed E-state index contributed by atoms with van der Waals surface area (Å²) in [6, 6.07) is 11.9. The van der Waals surface area contributed by atoms with Crippen LogP contribution >= 0.6 is 11.8 Å². The molecule has 0 atom stereocenters. The molecule has 0 unspecified atom stereocenters. The molecule has 1 fully saturated rings. The SMILES string of the molecule is Cc1ccc(CN2C(=O)S/C(=C/c3ccc(O)c(O)c3)C2=O)cc1. The minimum absolute atomic E-state index is 0.225. The number of benzene rings is 2. The van der Waals surface area contributed by atoms with Crippen molar-refractivity contribution in [3.63, 3.8) is 0 Å². The Morgan fingerprint density at radius 1 is 1.04 bits per heavy atom. The maximum absolute atomic E-state index is 12.4. The Bertz CT molecular complexity index is 843. The summed E-state index contributed by atoms with van der Waals surface area (Å²) in [5.74, 6) is -0.875. The zero-order chi connectivity index (χ0) is 17.3. The van der Waals surface area contributed by atoms with Crippen LogP contribution in [0.5, 0.6) is 11.5 Å². The molecule has 1 saturated heterocycles. The lowest BCUT2D eigenvalue weighted by Crippen LogP contribution is -2.27. The number of phenolic OH excluding ortho intramolecular Hbond substituents is 2. The van der Waals surface area contributed by atoms with Crippen LogP contribution in [0.1, 0.15) is 16.7 Å². The number of nitrogens with zero attached hydrogens (tertiary/aromatic N) is 1. The van der Waals surface area contributed by atoms with E-state index in [9.17, 15) is 19.8 Å². The first-order valence-corrected chi connectivity index (χ1v) is 8.08. The van der Waals surface area contributed by atoms with Gasteiger partial charge in [0.2, 0.25) is 0 Å². The lowest BCUT2D eigenvalue weighted by molar-refractivity contribution is -0.123. The summed E-state index contributed by atoms with van der Waals surface area (Å²) < 4.78 is 0. The Morgan fingerprint density at radius 3 is 2.42 bits per heavy atom. The minimum atomic E-state index is -0.363. The molecule has 0 aromatic heterocycles. The van der Waals surface area contributed by atoms with Gasteiger partial charge in [-0.3, -0.25) is 14.5 Å². The number of carbonyl (C=O) groups is 2. The smallest absolute Gasteiger partial charge is 0.293 e. The quantitative estimate of drug-likeness (QED) is 0.658. The van der Waals surface area contributed by atoms with Gasteiger partial charge in [-0.15, -0.1) is 0 Å². The second kappa shape index (κ2) is 6.41. The molecular weight excluding hydrogens is 326 g/mol. The fourth-order valence-electron chi connectivity index (χ4n) is 2.29. The lowest BCUT2D eigenvalue weighted by Gasteiger charge is -2.12. The van der Waals surface area contributed by atoms with E-state index in [-0.39, 0.29) is 34.1 Å². The molecule has 24 heavy (non-hydrogen) atoms. The number of rotatable bonds is 3. The molecule has 1 aliphatic rings. The second-order valence-corrected chi connectivity index (χ2v) is 6.49. The summed E-state index contributed by atoms with van der Waals surface area (Å²) in [6.07, 6.45) is 1.53. The number of amides is 2. The van der Waals surface area contributed by atoms with Crippen LogP contribution in [0.4, 0.5) is 4.79 Å². The van der Waals surface area contributed by atoms with Crippen molar-refractivity contribution in [2.24, 2.45) is 0 Å². The standard InChI is InChI=1S/C18H15NO4S/c1-11-2-4-12(5-3-11)10-19-17(22)16(24-18(19)23)9-13-6-7-14(20)15(21)8-13/h2-9,20-21H,10H2,1H3/b16-9+. The van der Waals surface area contributed by atoms with Gasteiger partial charge in [0.15, 0.2) is 11.5 Å². The number of thioether (sulfide) groups is 1. The molecule has 0 radical (unpaired) electrons. The molecule has 2 N–H and O–H groups in total. The highest BCUT2D eigenvalue weighted by atomic mass is 32.2. The van der Waals surface area contributed by atoms with Crippen molar-refractivity contribution in [3.05, 3.63) is 64.1 Å². The van der Waals surface area contributed by atoms with Gasteiger partial charge in [-0.1, -0.05) is 35.9 Å². The van der Waals surface area contributed by atoms with E-state index < -0.39 is 0 Å². The van der Waals surface area contributed by atoms with Gasteiger partial charge in [0.05, 0.1) is 11.4 Å². The van der Waals surface area contributed by atoms with Gasteiger partial charge in [0.1, 0.15) is 0 Å². The molecule has 0 bridgehead atoms. The predicted octanol–water partition coefficient (Wildman–Crippen LogP) is 3.64. The fraction of sp³-hybridized carbons (Fsp3) is 0.111. The number of hydrogen-bond donors (Lipinski definition) is 2. The molecular formula is C18H15NO4S. The number of hydrogen-bond acceptors (Lipinski definition) is 5. The van der Waals surface area contributed by atoms with Gasteiger partial charge < -0.3 is 10.2 Å². The van der Waals surface area contributed by atoms with Crippen LogP contribution in [0.25, 0.3) is 6.08 Å². The fourth-order valence-corrected chi connectivity index (χ4v) is 3.13. The first-order valence-electron chi connectivity index (χ1n) is 7.27. The largest absolute Gasteiger partial charge is 0.504 e. The van der Waals surface area contributed by atoms with Crippen LogP contribution in [0.15, 0.2) is 47.4 Å². The van der Waals surface area contributed by atoms with E-state index in [2.05, 4.69) is 0 Å². The zero-order valence-electron chi connectivity index (χ0n) is 12.9. The van der Waals surface area contributed by atoms with Gasteiger partial charge in [-0.2, -0.15) is 0 Å². The van der Waals surface area contributed by atoms with Crippen LogP contribution in [0.3, 0.4) is 0 Å². The van der Waals surface area contributed by atoms with Crippen LogP contribution in [-0.2, 0) is 11.3 Å². The average molecular weight is 341 g/mol. The first kappa shape index (κ1) is 16.1. The molecule has 6 heteroatoms. The Balaban J connectivity index is 1.81. The third-order valence-corrected chi connectivity index (χ3v) is 4.54. The van der Waals surface area contributed by atoms with E-state index in [1.54, 1.807) is 6.07 Å². The summed E-state index contributed by atoms with van der Waals surface area (Å²) >= 11 is 0.863. The van der Waals surface area contributed by atoms with Crippen molar-refractivity contribution in [1.29, 1.82) is 0 Å². The van der Waals surface area contributed by atoms with Crippen LogP contribution in [0, 0.1) is 6.92 Å². The van der Waals surface area contributed by atoms with Crippen molar-refractivity contribution >= 4 is 29.0 Å². The molecule has 5 nitrogen and oxygen atoms in total. The van der Waals surface area contributed by atoms with Crippen molar-refractivity contribution < 1.29 is 19.8 Å². The normalized spacial score (nSPS) is 16.2. The van der Waals surface area contributed by atoms with Gasteiger partial charge in [-0.25, -0.2) is 0 Å². The highest BCUT2D eigenvalue weighted by Gasteiger charge is 2.34. The van der Waals surface area contributed by atoms with Crippen molar-refractivity contribution in [1.82, 2.24) is 4.90 Å². The number of aromatic hydroxyl groups is 2. The Kier molecular flexibility index (Phi) is 4.31. The van der Waals surface area contributed by atoms with Crippen LogP contribution < -0.4 is 0 Å². The first-order chi connectivity index (χ1) is 11.4. The molecule has 0 spiro atoms.